The van der Waals surface area contributed by atoms with Gasteiger partial charge in [-0.3, -0.25) is 4.79 Å². The lowest BCUT2D eigenvalue weighted by Crippen LogP contribution is -2.16. The summed E-state index contributed by atoms with van der Waals surface area (Å²) in [6, 6.07) is 12.5. The molecule has 0 saturated carbocycles. The molecule has 2 aromatic carbocycles. The minimum absolute atomic E-state index is 0.0911. The molecule has 0 fully saturated rings. The fourth-order valence-electron chi connectivity index (χ4n) is 3.29. The van der Waals surface area contributed by atoms with Crippen LogP contribution in [-0.2, 0) is 0 Å². The molecule has 1 atom stereocenters. The Morgan fingerprint density at radius 2 is 1.68 bits per heavy atom. The minimum atomic E-state index is 0.0911. The van der Waals surface area contributed by atoms with Crippen molar-refractivity contribution in [2.24, 2.45) is 5.41 Å². The third kappa shape index (κ3) is 2.52. The first-order valence-corrected chi connectivity index (χ1v) is 7.80. The molecule has 2 aromatic rings. The summed E-state index contributed by atoms with van der Waals surface area (Å²) in [6.45, 7) is 8.35. The van der Waals surface area contributed by atoms with E-state index in [4.69, 9.17) is 0 Å². The Hall–Kier alpha value is -2.15. The van der Waals surface area contributed by atoms with Gasteiger partial charge in [0.15, 0.2) is 5.78 Å². The zero-order valence-corrected chi connectivity index (χ0v) is 13.7. The van der Waals surface area contributed by atoms with Crippen LogP contribution in [-0.4, -0.2) is 5.78 Å². The lowest BCUT2D eigenvalue weighted by atomic mass is 9.76. The summed E-state index contributed by atoms with van der Waals surface area (Å²) in [5, 5.41) is 2.32. The maximum atomic E-state index is 12.2. The number of ketones is 1. The van der Waals surface area contributed by atoms with Gasteiger partial charge >= 0.3 is 0 Å². The number of rotatable bonds is 2. The Labute approximate surface area is 132 Å². The number of carbonyl (C=O) groups excluding carboxylic acids is 1. The molecule has 0 spiro atoms. The smallest absolute Gasteiger partial charge is 0.160 e. The molecule has 1 heteroatoms. The Bertz CT molecular complexity index is 800. The van der Waals surface area contributed by atoms with Crippen LogP contribution in [0.4, 0.5) is 0 Å². The Balaban J connectivity index is 2.21. The Kier molecular flexibility index (Phi) is 3.52. The van der Waals surface area contributed by atoms with Gasteiger partial charge in [0.25, 0.3) is 0 Å². The number of benzene rings is 2. The van der Waals surface area contributed by atoms with Crippen molar-refractivity contribution in [2.75, 3.05) is 0 Å². The zero-order chi connectivity index (χ0) is 15.9. The highest BCUT2D eigenvalue weighted by atomic mass is 16.1. The molecule has 0 radical (unpaired) electrons. The van der Waals surface area contributed by atoms with Crippen LogP contribution >= 0.6 is 0 Å². The molecular weight excluding hydrogens is 268 g/mol. The van der Waals surface area contributed by atoms with Crippen molar-refractivity contribution in [1.82, 2.24) is 0 Å². The Morgan fingerprint density at radius 3 is 2.27 bits per heavy atom. The number of hydrogen-bond acceptors (Lipinski definition) is 1. The largest absolute Gasteiger partial charge is 0.295 e. The first kappa shape index (κ1) is 14.8. The standard InChI is InChI=1S/C21H22O/c1-14(22)18-12-15-8-5-6-9-16(15)13-19(18)17-10-7-11-20(17)21(2,3)4/h5-13,17H,1-4H3. The molecule has 0 aromatic heterocycles. The van der Waals surface area contributed by atoms with Gasteiger partial charge in [-0.2, -0.15) is 0 Å². The monoisotopic (exact) mass is 290 g/mol. The van der Waals surface area contributed by atoms with E-state index in [0.717, 1.165) is 16.5 Å². The van der Waals surface area contributed by atoms with Crippen molar-refractivity contribution < 1.29 is 4.79 Å². The predicted octanol–water partition coefficient (Wildman–Crippen LogP) is 5.67. The molecule has 1 unspecified atom stereocenters. The van der Waals surface area contributed by atoms with Crippen LogP contribution in [0.5, 0.6) is 0 Å². The van der Waals surface area contributed by atoms with Crippen LogP contribution in [0.3, 0.4) is 0 Å². The fraction of sp³-hybridized carbons (Fsp3) is 0.286. The molecule has 1 aliphatic carbocycles. The van der Waals surface area contributed by atoms with E-state index in [9.17, 15) is 4.79 Å². The maximum absolute atomic E-state index is 12.2. The van der Waals surface area contributed by atoms with Gasteiger partial charge in [-0.1, -0.05) is 68.8 Å². The van der Waals surface area contributed by atoms with Gasteiger partial charge in [0.2, 0.25) is 0 Å². The molecule has 0 N–H and O–H groups in total. The summed E-state index contributed by atoms with van der Waals surface area (Å²) in [6.07, 6.45) is 6.52. The van der Waals surface area contributed by atoms with Crippen molar-refractivity contribution in [3.05, 3.63) is 71.3 Å². The molecule has 0 saturated heterocycles. The molecule has 1 aliphatic rings. The number of hydrogen-bond donors (Lipinski definition) is 0. The molecule has 3 rings (SSSR count). The van der Waals surface area contributed by atoms with Gasteiger partial charge in [-0.15, -0.1) is 0 Å². The minimum Gasteiger partial charge on any atom is -0.295 e. The van der Waals surface area contributed by atoms with Crippen LogP contribution in [0.1, 0.15) is 49.5 Å². The highest BCUT2D eigenvalue weighted by Crippen LogP contribution is 2.43. The van der Waals surface area contributed by atoms with E-state index in [-0.39, 0.29) is 17.1 Å². The van der Waals surface area contributed by atoms with E-state index in [1.165, 1.54) is 11.0 Å². The quantitative estimate of drug-likeness (QED) is 0.651. The number of allylic oxidation sites excluding steroid dienone is 4. The molecule has 22 heavy (non-hydrogen) atoms. The van der Waals surface area contributed by atoms with Crippen LogP contribution in [0, 0.1) is 5.41 Å². The second-order valence-corrected chi connectivity index (χ2v) is 7.08. The lowest BCUT2D eigenvalue weighted by molar-refractivity contribution is 0.101. The fourth-order valence-corrected chi connectivity index (χ4v) is 3.29. The highest BCUT2D eigenvalue weighted by molar-refractivity contribution is 6.00. The molecule has 112 valence electrons. The van der Waals surface area contributed by atoms with Crippen LogP contribution in [0.2, 0.25) is 0 Å². The third-order valence-corrected chi connectivity index (χ3v) is 4.41. The van der Waals surface area contributed by atoms with Crippen molar-refractivity contribution >= 4 is 16.6 Å². The first-order chi connectivity index (χ1) is 10.4. The highest BCUT2D eigenvalue weighted by Gasteiger charge is 2.29. The summed E-state index contributed by atoms with van der Waals surface area (Å²) in [4.78, 5) is 12.2. The molecule has 0 aliphatic heterocycles. The van der Waals surface area contributed by atoms with Gasteiger partial charge in [0, 0.05) is 11.5 Å². The second-order valence-electron chi connectivity index (χ2n) is 7.08. The van der Waals surface area contributed by atoms with Gasteiger partial charge in [0.1, 0.15) is 0 Å². The Morgan fingerprint density at radius 1 is 1.05 bits per heavy atom. The summed E-state index contributed by atoms with van der Waals surface area (Å²) in [5.74, 6) is 0.331. The van der Waals surface area contributed by atoms with Gasteiger partial charge < -0.3 is 0 Å². The van der Waals surface area contributed by atoms with Gasteiger partial charge in [-0.05, 0) is 40.8 Å². The number of Topliss-reactive ketones (excluding diaryl/α,β-unsaturated/α-hetero) is 1. The molecular formula is C21H22O. The van der Waals surface area contributed by atoms with Crippen LogP contribution in [0.15, 0.2) is 60.2 Å². The molecule has 1 nitrogen and oxygen atoms in total. The topological polar surface area (TPSA) is 17.1 Å². The number of fused-ring (bicyclic) bond motifs is 1. The van der Waals surface area contributed by atoms with E-state index in [2.05, 4.69) is 57.2 Å². The van der Waals surface area contributed by atoms with Crippen molar-refractivity contribution in [3.8, 4) is 0 Å². The van der Waals surface area contributed by atoms with Crippen LogP contribution < -0.4 is 0 Å². The normalized spacial score (nSPS) is 17.8. The summed E-state index contributed by atoms with van der Waals surface area (Å²) >= 11 is 0. The predicted molar refractivity (Wildman–Crippen MR) is 93.4 cm³/mol. The van der Waals surface area contributed by atoms with Crippen molar-refractivity contribution in [3.63, 3.8) is 0 Å². The van der Waals surface area contributed by atoms with Crippen LogP contribution in [0.25, 0.3) is 10.8 Å². The van der Waals surface area contributed by atoms with E-state index >= 15 is 0 Å². The van der Waals surface area contributed by atoms with Gasteiger partial charge in [0.05, 0.1) is 0 Å². The van der Waals surface area contributed by atoms with Gasteiger partial charge in [-0.25, -0.2) is 0 Å². The average molecular weight is 290 g/mol. The summed E-state index contributed by atoms with van der Waals surface area (Å²) in [7, 11) is 0. The summed E-state index contributed by atoms with van der Waals surface area (Å²) in [5.41, 5.74) is 3.42. The maximum Gasteiger partial charge on any atom is 0.160 e. The summed E-state index contributed by atoms with van der Waals surface area (Å²) < 4.78 is 0. The molecule has 0 bridgehead atoms. The average Bonchev–Trinajstić information content (AvgIpc) is 2.95. The number of carbonyl (C=O) groups is 1. The second kappa shape index (κ2) is 5.24. The van der Waals surface area contributed by atoms with E-state index in [1.807, 2.05) is 18.2 Å². The third-order valence-electron chi connectivity index (χ3n) is 4.41. The zero-order valence-electron chi connectivity index (χ0n) is 13.7. The SMILES string of the molecule is CC(=O)c1cc2ccccc2cc1C1C=CC=C1C(C)(C)C. The van der Waals surface area contributed by atoms with Crippen molar-refractivity contribution in [2.45, 2.75) is 33.6 Å². The van der Waals surface area contributed by atoms with E-state index in [1.54, 1.807) is 6.92 Å². The lowest BCUT2D eigenvalue weighted by Gasteiger charge is -2.28. The van der Waals surface area contributed by atoms with E-state index in [0.29, 0.717) is 0 Å². The first-order valence-electron chi connectivity index (χ1n) is 7.80. The van der Waals surface area contributed by atoms with E-state index < -0.39 is 0 Å². The molecule has 0 heterocycles. The molecule has 0 amide bonds. The van der Waals surface area contributed by atoms with Crippen molar-refractivity contribution in [1.29, 1.82) is 0 Å².